The first-order valence-corrected chi connectivity index (χ1v) is 8.61. The van der Waals surface area contributed by atoms with Gasteiger partial charge in [-0.1, -0.05) is 42.5 Å². The summed E-state index contributed by atoms with van der Waals surface area (Å²) in [5.41, 5.74) is 3.61. The summed E-state index contributed by atoms with van der Waals surface area (Å²) in [6.07, 6.45) is -0.920. The summed E-state index contributed by atoms with van der Waals surface area (Å²) >= 11 is 0. The average molecular weight is 363 g/mol. The zero-order valence-corrected chi connectivity index (χ0v) is 14.7. The Bertz CT molecular complexity index is 971. The van der Waals surface area contributed by atoms with E-state index < -0.39 is 12.2 Å². The molecule has 0 aromatic heterocycles. The fraction of sp³-hybridized carbons (Fsp3) is 0.136. The number of methoxy groups -OCH3 is 1. The summed E-state index contributed by atoms with van der Waals surface area (Å²) in [5, 5.41) is 2.88. The Labute approximate surface area is 156 Å². The van der Waals surface area contributed by atoms with Crippen LogP contribution in [0.1, 0.15) is 23.3 Å². The number of hydrogen-bond acceptors (Lipinski definition) is 3. The minimum absolute atomic E-state index is 0.274. The molecule has 1 aliphatic heterocycles. The highest BCUT2D eigenvalue weighted by atomic mass is 19.1. The lowest BCUT2D eigenvalue weighted by molar-refractivity contribution is 0.132. The standard InChI is InChI=1S/C22H18FNO3/c1-26-19-7-3-6-17(13-19)21-20(24-22(25)27-21)16-5-2-4-15(12-16)14-8-10-18(23)11-9-14/h2-13,20-21H,1H3,(H,24,25)/t20-,21-/m1/s1. The van der Waals surface area contributed by atoms with Crippen molar-refractivity contribution < 1.29 is 18.7 Å². The van der Waals surface area contributed by atoms with Crippen LogP contribution in [-0.4, -0.2) is 13.2 Å². The topological polar surface area (TPSA) is 47.6 Å². The number of nitrogens with one attached hydrogen (secondary N) is 1. The molecule has 0 bridgehead atoms. The second-order valence-corrected chi connectivity index (χ2v) is 6.36. The van der Waals surface area contributed by atoms with Gasteiger partial charge in [0.1, 0.15) is 11.6 Å². The van der Waals surface area contributed by atoms with E-state index >= 15 is 0 Å². The zero-order chi connectivity index (χ0) is 18.8. The largest absolute Gasteiger partial charge is 0.497 e. The fourth-order valence-electron chi connectivity index (χ4n) is 3.31. The van der Waals surface area contributed by atoms with Crippen molar-refractivity contribution in [2.75, 3.05) is 7.11 Å². The first kappa shape index (κ1) is 17.1. The Morgan fingerprint density at radius 3 is 2.44 bits per heavy atom. The van der Waals surface area contributed by atoms with Gasteiger partial charge in [0, 0.05) is 0 Å². The molecule has 1 fully saturated rings. The van der Waals surface area contributed by atoms with Gasteiger partial charge in [0.15, 0.2) is 6.10 Å². The van der Waals surface area contributed by atoms with Crippen molar-refractivity contribution in [3.05, 3.63) is 89.7 Å². The monoisotopic (exact) mass is 363 g/mol. The molecule has 4 nitrogen and oxygen atoms in total. The molecule has 1 heterocycles. The number of amides is 1. The van der Waals surface area contributed by atoms with E-state index in [1.165, 1.54) is 12.1 Å². The molecule has 0 radical (unpaired) electrons. The fourth-order valence-corrected chi connectivity index (χ4v) is 3.31. The summed E-state index contributed by atoms with van der Waals surface area (Å²) in [4.78, 5) is 12.0. The molecule has 3 aromatic rings. The summed E-state index contributed by atoms with van der Waals surface area (Å²) in [7, 11) is 1.60. The number of carbonyl (C=O) groups is 1. The molecule has 2 atom stereocenters. The van der Waals surface area contributed by atoms with E-state index in [1.807, 2.05) is 48.5 Å². The van der Waals surface area contributed by atoms with Gasteiger partial charge in [0.25, 0.3) is 0 Å². The van der Waals surface area contributed by atoms with E-state index in [4.69, 9.17) is 9.47 Å². The van der Waals surface area contributed by atoms with Crippen molar-refractivity contribution in [3.63, 3.8) is 0 Å². The Kier molecular flexibility index (Phi) is 4.50. The quantitative estimate of drug-likeness (QED) is 0.708. The predicted octanol–water partition coefficient (Wildman–Crippen LogP) is 5.02. The van der Waals surface area contributed by atoms with E-state index in [-0.39, 0.29) is 11.9 Å². The summed E-state index contributed by atoms with van der Waals surface area (Å²) in [6.45, 7) is 0. The number of alkyl carbamates (subject to hydrolysis) is 1. The van der Waals surface area contributed by atoms with Crippen molar-refractivity contribution in [1.29, 1.82) is 0 Å². The number of cyclic esters (lactones) is 1. The van der Waals surface area contributed by atoms with Gasteiger partial charge >= 0.3 is 6.09 Å². The summed E-state index contributed by atoms with van der Waals surface area (Å²) < 4.78 is 24.0. The molecule has 1 amide bonds. The van der Waals surface area contributed by atoms with Crippen molar-refractivity contribution in [3.8, 4) is 16.9 Å². The van der Waals surface area contributed by atoms with E-state index in [0.29, 0.717) is 5.75 Å². The van der Waals surface area contributed by atoms with Crippen molar-refractivity contribution in [2.24, 2.45) is 0 Å². The number of benzene rings is 3. The second-order valence-electron chi connectivity index (χ2n) is 6.36. The Morgan fingerprint density at radius 1 is 0.926 bits per heavy atom. The highest BCUT2D eigenvalue weighted by molar-refractivity contribution is 5.72. The Hall–Kier alpha value is -3.34. The Morgan fingerprint density at radius 2 is 1.67 bits per heavy atom. The van der Waals surface area contributed by atoms with Crippen molar-refractivity contribution in [1.82, 2.24) is 5.32 Å². The minimum Gasteiger partial charge on any atom is -0.497 e. The SMILES string of the molecule is COc1cccc([C@H]2OC(=O)N[C@@H]2c2cccc(-c3ccc(F)cc3)c2)c1. The third-order valence-electron chi connectivity index (χ3n) is 4.66. The van der Waals surface area contributed by atoms with Gasteiger partial charge in [-0.25, -0.2) is 9.18 Å². The number of hydrogen-bond donors (Lipinski definition) is 1. The number of rotatable bonds is 4. The van der Waals surface area contributed by atoms with Crippen LogP contribution in [0.25, 0.3) is 11.1 Å². The first-order valence-electron chi connectivity index (χ1n) is 8.61. The van der Waals surface area contributed by atoms with Crippen LogP contribution in [0.5, 0.6) is 5.75 Å². The first-order chi connectivity index (χ1) is 13.1. The third kappa shape index (κ3) is 3.49. The lowest BCUT2D eigenvalue weighted by atomic mass is 9.93. The van der Waals surface area contributed by atoms with Gasteiger partial charge in [0.05, 0.1) is 13.2 Å². The number of halogens is 1. The maximum Gasteiger partial charge on any atom is 0.408 e. The van der Waals surface area contributed by atoms with Crippen molar-refractivity contribution in [2.45, 2.75) is 12.1 Å². The molecule has 0 saturated carbocycles. The maximum absolute atomic E-state index is 13.2. The molecule has 27 heavy (non-hydrogen) atoms. The molecule has 136 valence electrons. The molecule has 3 aromatic carbocycles. The van der Waals surface area contributed by atoms with Crippen LogP contribution < -0.4 is 10.1 Å². The van der Waals surface area contributed by atoms with E-state index in [1.54, 1.807) is 19.2 Å². The lowest BCUT2D eigenvalue weighted by Gasteiger charge is -2.19. The van der Waals surface area contributed by atoms with Crippen LogP contribution >= 0.6 is 0 Å². The molecule has 0 aliphatic carbocycles. The third-order valence-corrected chi connectivity index (χ3v) is 4.66. The van der Waals surface area contributed by atoms with Gasteiger partial charge in [-0.15, -0.1) is 0 Å². The van der Waals surface area contributed by atoms with Crippen LogP contribution in [0.3, 0.4) is 0 Å². The van der Waals surface area contributed by atoms with Crippen LogP contribution in [0.2, 0.25) is 0 Å². The van der Waals surface area contributed by atoms with Gasteiger partial charge < -0.3 is 14.8 Å². The summed E-state index contributed by atoms with van der Waals surface area (Å²) in [6, 6.07) is 21.3. The smallest absolute Gasteiger partial charge is 0.408 e. The highest BCUT2D eigenvalue weighted by Gasteiger charge is 2.36. The van der Waals surface area contributed by atoms with Gasteiger partial charge in [-0.05, 0) is 52.6 Å². The zero-order valence-electron chi connectivity index (χ0n) is 14.7. The molecule has 4 rings (SSSR count). The Balaban J connectivity index is 1.69. The summed E-state index contributed by atoms with van der Waals surface area (Å²) in [5.74, 6) is 0.429. The predicted molar refractivity (Wildman–Crippen MR) is 99.9 cm³/mol. The molecule has 1 N–H and O–H groups in total. The molecular formula is C22H18FNO3. The maximum atomic E-state index is 13.2. The van der Waals surface area contributed by atoms with Crippen LogP contribution in [0.4, 0.5) is 9.18 Å². The van der Waals surface area contributed by atoms with E-state index in [0.717, 1.165) is 22.3 Å². The highest BCUT2D eigenvalue weighted by Crippen LogP contribution is 2.38. The minimum atomic E-state index is -0.462. The van der Waals surface area contributed by atoms with Crippen LogP contribution in [0, 0.1) is 5.82 Å². The molecule has 1 saturated heterocycles. The van der Waals surface area contributed by atoms with E-state index in [9.17, 15) is 9.18 Å². The normalized spacial score (nSPS) is 18.7. The number of carbonyl (C=O) groups excluding carboxylic acids is 1. The second kappa shape index (κ2) is 7.11. The van der Waals surface area contributed by atoms with Gasteiger partial charge in [0.2, 0.25) is 0 Å². The average Bonchev–Trinajstić information content (AvgIpc) is 3.10. The molecule has 0 unspecified atom stereocenters. The number of ether oxygens (including phenoxy) is 2. The van der Waals surface area contributed by atoms with Gasteiger partial charge in [-0.2, -0.15) is 0 Å². The molecular weight excluding hydrogens is 345 g/mol. The van der Waals surface area contributed by atoms with Crippen LogP contribution in [0.15, 0.2) is 72.8 Å². The van der Waals surface area contributed by atoms with Crippen LogP contribution in [-0.2, 0) is 4.74 Å². The van der Waals surface area contributed by atoms with Gasteiger partial charge in [-0.3, -0.25) is 0 Å². The lowest BCUT2D eigenvalue weighted by Crippen LogP contribution is -2.19. The molecule has 0 spiro atoms. The van der Waals surface area contributed by atoms with E-state index in [2.05, 4.69) is 5.32 Å². The molecule has 5 heteroatoms. The van der Waals surface area contributed by atoms with Crippen molar-refractivity contribution >= 4 is 6.09 Å². The molecule has 1 aliphatic rings.